The van der Waals surface area contributed by atoms with Gasteiger partial charge in [-0.2, -0.15) is 0 Å². The Morgan fingerprint density at radius 1 is 1.14 bits per heavy atom. The van der Waals surface area contributed by atoms with Crippen LogP contribution in [0.2, 0.25) is 0 Å². The smallest absolute Gasteiger partial charge is 0.270 e. The Hall–Kier alpha value is -2.07. The van der Waals surface area contributed by atoms with Crippen LogP contribution in [-0.4, -0.2) is 4.92 Å². The number of hydrogen-bond donors (Lipinski definition) is 0. The van der Waals surface area contributed by atoms with E-state index in [1.807, 2.05) is 12.1 Å². The van der Waals surface area contributed by atoms with Crippen LogP contribution in [0.25, 0.3) is 0 Å². The standard InChI is InChI=1S/C16H16ClNO3/c1-2-12-3-5-13(6-4-12)11-21-16-8-7-15(18(19)20)9-14(16)10-17/h3-9H,2,10-11H2,1H3. The Balaban J connectivity index is 2.09. The second kappa shape index (κ2) is 7.09. The van der Waals surface area contributed by atoms with Gasteiger partial charge in [0.2, 0.25) is 0 Å². The van der Waals surface area contributed by atoms with Crippen molar-refractivity contribution >= 4 is 17.3 Å². The van der Waals surface area contributed by atoms with Gasteiger partial charge in [0.25, 0.3) is 5.69 Å². The molecule has 2 rings (SSSR count). The predicted molar refractivity (Wildman–Crippen MR) is 82.8 cm³/mol. The van der Waals surface area contributed by atoms with Crippen molar-refractivity contribution in [2.24, 2.45) is 0 Å². The average molecular weight is 306 g/mol. The molecule has 0 N–H and O–H groups in total. The summed E-state index contributed by atoms with van der Waals surface area (Å²) in [5.74, 6) is 0.751. The summed E-state index contributed by atoms with van der Waals surface area (Å²) in [7, 11) is 0. The molecule has 0 radical (unpaired) electrons. The predicted octanol–water partition coefficient (Wildman–Crippen LogP) is 4.48. The number of ether oxygens (including phenoxy) is 1. The molecule has 0 fully saturated rings. The highest BCUT2D eigenvalue weighted by Crippen LogP contribution is 2.26. The van der Waals surface area contributed by atoms with Gasteiger partial charge in [-0.1, -0.05) is 31.2 Å². The second-order valence-electron chi connectivity index (χ2n) is 4.64. The second-order valence-corrected chi connectivity index (χ2v) is 4.91. The van der Waals surface area contributed by atoms with Crippen molar-refractivity contribution in [2.45, 2.75) is 25.8 Å². The molecule has 110 valence electrons. The van der Waals surface area contributed by atoms with Crippen molar-refractivity contribution in [3.63, 3.8) is 0 Å². The number of nitro groups is 1. The Kier molecular flexibility index (Phi) is 5.17. The van der Waals surface area contributed by atoms with E-state index in [2.05, 4.69) is 19.1 Å². The lowest BCUT2D eigenvalue weighted by Crippen LogP contribution is -1.99. The third-order valence-corrected chi connectivity index (χ3v) is 3.51. The van der Waals surface area contributed by atoms with Crippen molar-refractivity contribution in [2.75, 3.05) is 0 Å². The van der Waals surface area contributed by atoms with E-state index in [-0.39, 0.29) is 11.6 Å². The van der Waals surface area contributed by atoms with E-state index in [0.29, 0.717) is 17.9 Å². The minimum Gasteiger partial charge on any atom is -0.489 e. The van der Waals surface area contributed by atoms with Crippen LogP contribution in [0, 0.1) is 10.1 Å². The van der Waals surface area contributed by atoms with Gasteiger partial charge in [-0.25, -0.2) is 0 Å². The molecule has 0 bridgehead atoms. The summed E-state index contributed by atoms with van der Waals surface area (Å²) in [6.45, 7) is 2.51. The molecule has 0 aromatic heterocycles. The van der Waals surface area contributed by atoms with Crippen LogP contribution in [0.4, 0.5) is 5.69 Å². The largest absolute Gasteiger partial charge is 0.489 e. The summed E-state index contributed by atoms with van der Waals surface area (Å²) in [5, 5.41) is 10.7. The highest BCUT2D eigenvalue weighted by Gasteiger charge is 2.11. The Labute approximate surface area is 128 Å². The number of benzene rings is 2. The lowest BCUT2D eigenvalue weighted by Gasteiger charge is -2.10. The van der Waals surface area contributed by atoms with E-state index in [0.717, 1.165) is 12.0 Å². The molecule has 0 aliphatic carbocycles. The Bertz CT molecular complexity index is 626. The molecule has 0 heterocycles. The van der Waals surface area contributed by atoms with E-state index >= 15 is 0 Å². The molecule has 0 unspecified atom stereocenters. The van der Waals surface area contributed by atoms with Gasteiger partial charge in [0, 0.05) is 17.7 Å². The summed E-state index contributed by atoms with van der Waals surface area (Å²) < 4.78 is 5.72. The molecule has 2 aromatic carbocycles. The topological polar surface area (TPSA) is 52.4 Å². The minimum atomic E-state index is -0.441. The molecule has 5 heteroatoms. The zero-order valence-electron chi connectivity index (χ0n) is 11.7. The van der Waals surface area contributed by atoms with E-state index in [1.165, 1.54) is 17.7 Å². The number of nitro benzene ring substituents is 1. The number of halogens is 1. The lowest BCUT2D eigenvalue weighted by molar-refractivity contribution is -0.384. The number of aryl methyl sites for hydroxylation is 1. The van der Waals surface area contributed by atoms with E-state index in [9.17, 15) is 10.1 Å². The fourth-order valence-electron chi connectivity index (χ4n) is 1.96. The molecular formula is C16H16ClNO3. The molecule has 0 amide bonds. The van der Waals surface area contributed by atoms with Crippen LogP contribution in [0.3, 0.4) is 0 Å². The lowest BCUT2D eigenvalue weighted by atomic mass is 10.1. The maximum Gasteiger partial charge on any atom is 0.270 e. The summed E-state index contributed by atoms with van der Waals surface area (Å²) in [4.78, 5) is 10.3. The molecule has 0 spiro atoms. The molecule has 0 aliphatic rings. The summed E-state index contributed by atoms with van der Waals surface area (Å²) in [6.07, 6.45) is 1.000. The third kappa shape index (κ3) is 3.95. The van der Waals surface area contributed by atoms with Gasteiger partial charge in [0.1, 0.15) is 12.4 Å². The molecule has 0 aliphatic heterocycles. The highest BCUT2D eigenvalue weighted by molar-refractivity contribution is 6.17. The number of alkyl halides is 1. The number of non-ortho nitro benzene ring substituents is 1. The maximum atomic E-state index is 10.7. The molecule has 2 aromatic rings. The van der Waals surface area contributed by atoms with Crippen LogP contribution < -0.4 is 4.74 Å². The van der Waals surface area contributed by atoms with Gasteiger partial charge in [-0.15, -0.1) is 11.6 Å². The fourth-order valence-corrected chi connectivity index (χ4v) is 2.17. The molecule has 0 atom stereocenters. The van der Waals surface area contributed by atoms with E-state index < -0.39 is 4.92 Å². The molecule has 0 saturated heterocycles. The van der Waals surface area contributed by atoms with Crippen molar-refractivity contribution < 1.29 is 9.66 Å². The first-order valence-electron chi connectivity index (χ1n) is 6.68. The first-order valence-corrected chi connectivity index (χ1v) is 7.21. The van der Waals surface area contributed by atoms with Crippen LogP contribution in [0.15, 0.2) is 42.5 Å². The van der Waals surface area contributed by atoms with Gasteiger partial charge in [-0.3, -0.25) is 10.1 Å². The van der Waals surface area contributed by atoms with Gasteiger partial charge < -0.3 is 4.74 Å². The first kappa shape index (κ1) is 15.3. The maximum absolute atomic E-state index is 10.7. The number of rotatable bonds is 6. The van der Waals surface area contributed by atoms with Gasteiger partial charge in [-0.05, 0) is 23.6 Å². The van der Waals surface area contributed by atoms with Crippen molar-refractivity contribution in [1.29, 1.82) is 0 Å². The number of nitrogens with zero attached hydrogens (tertiary/aromatic N) is 1. The Morgan fingerprint density at radius 3 is 2.38 bits per heavy atom. The normalized spacial score (nSPS) is 10.4. The fraction of sp³-hybridized carbons (Fsp3) is 0.250. The molecule has 4 nitrogen and oxygen atoms in total. The van der Waals surface area contributed by atoms with Gasteiger partial charge in [0.15, 0.2) is 0 Å². The first-order chi connectivity index (χ1) is 10.1. The Morgan fingerprint density at radius 2 is 1.81 bits per heavy atom. The third-order valence-electron chi connectivity index (χ3n) is 3.22. The average Bonchev–Trinajstić information content (AvgIpc) is 2.53. The molecule has 0 saturated carbocycles. The number of hydrogen-bond acceptors (Lipinski definition) is 3. The zero-order valence-corrected chi connectivity index (χ0v) is 12.5. The quantitative estimate of drug-likeness (QED) is 0.449. The molecule has 21 heavy (non-hydrogen) atoms. The van der Waals surface area contributed by atoms with Crippen LogP contribution >= 0.6 is 11.6 Å². The van der Waals surface area contributed by atoms with E-state index in [4.69, 9.17) is 16.3 Å². The summed E-state index contributed by atoms with van der Waals surface area (Å²) >= 11 is 5.83. The SMILES string of the molecule is CCc1ccc(COc2ccc([N+](=O)[O-])cc2CCl)cc1. The summed E-state index contributed by atoms with van der Waals surface area (Å²) in [6, 6.07) is 12.6. The zero-order chi connectivity index (χ0) is 15.2. The highest BCUT2D eigenvalue weighted by atomic mass is 35.5. The monoisotopic (exact) mass is 305 g/mol. The summed E-state index contributed by atoms with van der Waals surface area (Å²) in [5.41, 5.74) is 2.96. The van der Waals surface area contributed by atoms with Crippen molar-refractivity contribution in [1.82, 2.24) is 0 Å². The van der Waals surface area contributed by atoms with E-state index in [1.54, 1.807) is 6.07 Å². The minimum absolute atomic E-state index is 0.0188. The van der Waals surface area contributed by atoms with Crippen LogP contribution in [-0.2, 0) is 18.9 Å². The molecular weight excluding hydrogens is 290 g/mol. The van der Waals surface area contributed by atoms with Crippen molar-refractivity contribution in [3.05, 3.63) is 69.3 Å². The van der Waals surface area contributed by atoms with Crippen LogP contribution in [0.5, 0.6) is 5.75 Å². The van der Waals surface area contributed by atoms with Crippen LogP contribution in [0.1, 0.15) is 23.6 Å². The van der Waals surface area contributed by atoms with Gasteiger partial charge in [0.05, 0.1) is 10.8 Å². The van der Waals surface area contributed by atoms with Gasteiger partial charge >= 0.3 is 0 Å². The van der Waals surface area contributed by atoms with Crippen molar-refractivity contribution in [3.8, 4) is 5.75 Å².